The number of halogens is 1. The Bertz CT molecular complexity index is 890. The average Bonchev–Trinajstić information content (AvgIpc) is 2.55. The highest BCUT2D eigenvalue weighted by Gasteiger charge is 2.22. The molecule has 0 atom stereocenters. The average molecular weight is 408 g/mol. The molecule has 0 saturated heterocycles. The highest BCUT2D eigenvalue weighted by Crippen LogP contribution is 2.18. The first kappa shape index (κ1) is 18.1. The second-order valence-corrected chi connectivity index (χ2v) is 7.92. The van der Waals surface area contributed by atoms with E-state index in [1.165, 1.54) is 25.2 Å². The molecule has 2 rings (SSSR count). The molecule has 0 radical (unpaired) electrons. The van der Waals surface area contributed by atoms with Crippen molar-refractivity contribution in [2.75, 3.05) is 18.9 Å². The lowest BCUT2D eigenvalue weighted by Crippen LogP contribution is -2.34. The molecular weight excluding hydrogens is 394 g/mol. The number of carbonyl (C=O) groups excluding carboxylic acids is 1. The van der Waals surface area contributed by atoms with E-state index in [-0.39, 0.29) is 11.4 Å². The largest absolute Gasteiger partial charge is 0.325 e. The van der Waals surface area contributed by atoms with Gasteiger partial charge >= 0.3 is 0 Å². The Morgan fingerprint density at radius 1 is 1.25 bits per heavy atom. The van der Waals surface area contributed by atoms with Crippen LogP contribution in [0.4, 0.5) is 5.69 Å². The Balaban J connectivity index is 2.07. The summed E-state index contributed by atoms with van der Waals surface area (Å²) in [5.74, 6) is -0.492. The molecule has 0 aromatic heterocycles. The molecule has 1 amide bonds. The summed E-state index contributed by atoms with van der Waals surface area (Å²) in [7, 11) is -2.42. The number of nitrogens with one attached hydrogen (secondary N) is 1. The van der Waals surface area contributed by atoms with Crippen molar-refractivity contribution in [3.05, 3.63) is 58.6 Å². The van der Waals surface area contributed by atoms with Crippen molar-refractivity contribution in [2.24, 2.45) is 0 Å². The number of anilines is 1. The van der Waals surface area contributed by atoms with Gasteiger partial charge in [-0.15, -0.1) is 0 Å². The molecule has 0 aliphatic heterocycles. The van der Waals surface area contributed by atoms with Gasteiger partial charge in [-0.1, -0.05) is 22.0 Å². The van der Waals surface area contributed by atoms with E-state index in [0.29, 0.717) is 11.3 Å². The van der Waals surface area contributed by atoms with Gasteiger partial charge < -0.3 is 5.32 Å². The monoisotopic (exact) mass is 407 g/mol. The van der Waals surface area contributed by atoms with E-state index in [4.69, 9.17) is 5.26 Å². The Hall–Kier alpha value is -2.21. The van der Waals surface area contributed by atoms with Crippen molar-refractivity contribution >= 4 is 37.5 Å². The van der Waals surface area contributed by atoms with E-state index in [9.17, 15) is 13.2 Å². The van der Waals surface area contributed by atoms with Crippen LogP contribution in [0.2, 0.25) is 0 Å². The summed E-state index contributed by atoms with van der Waals surface area (Å²) >= 11 is 3.24. The van der Waals surface area contributed by atoms with Crippen LogP contribution in [-0.2, 0) is 14.8 Å². The summed E-state index contributed by atoms with van der Waals surface area (Å²) in [5.41, 5.74) is 0.845. The number of hydrogen-bond donors (Lipinski definition) is 1. The number of hydrogen-bond acceptors (Lipinski definition) is 4. The minimum atomic E-state index is -3.76. The second-order valence-electron chi connectivity index (χ2n) is 4.96. The SMILES string of the molecule is CN(CC(=O)Nc1cccc(C#N)c1)S(=O)(=O)c1ccc(Br)cc1. The predicted molar refractivity (Wildman–Crippen MR) is 93.7 cm³/mol. The summed E-state index contributed by atoms with van der Waals surface area (Å²) < 4.78 is 26.6. The highest BCUT2D eigenvalue weighted by molar-refractivity contribution is 9.10. The molecule has 0 spiro atoms. The minimum absolute atomic E-state index is 0.104. The van der Waals surface area contributed by atoms with Crippen LogP contribution in [0.3, 0.4) is 0 Å². The summed E-state index contributed by atoms with van der Waals surface area (Å²) in [6.45, 7) is -0.338. The van der Waals surface area contributed by atoms with Crippen LogP contribution >= 0.6 is 15.9 Å². The van der Waals surface area contributed by atoms with Gasteiger partial charge in [0.1, 0.15) is 0 Å². The number of nitriles is 1. The fourth-order valence-corrected chi connectivity index (χ4v) is 3.33. The molecule has 24 heavy (non-hydrogen) atoms. The third-order valence-electron chi connectivity index (χ3n) is 3.16. The Labute approximate surface area is 148 Å². The van der Waals surface area contributed by atoms with Crippen molar-refractivity contribution in [1.29, 1.82) is 5.26 Å². The molecule has 0 unspecified atom stereocenters. The number of nitrogens with zero attached hydrogens (tertiary/aromatic N) is 2. The van der Waals surface area contributed by atoms with Gasteiger partial charge in [0, 0.05) is 17.2 Å². The molecule has 8 heteroatoms. The maximum atomic E-state index is 12.4. The molecule has 124 valence electrons. The van der Waals surface area contributed by atoms with Gasteiger partial charge in [-0.3, -0.25) is 4.79 Å². The predicted octanol–water partition coefficient (Wildman–Crippen LogP) is 2.58. The molecule has 2 aromatic carbocycles. The number of benzene rings is 2. The zero-order valence-corrected chi connectivity index (χ0v) is 15.1. The Kier molecular flexibility index (Phi) is 5.72. The molecule has 0 saturated carbocycles. The lowest BCUT2D eigenvalue weighted by molar-refractivity contribution is -0.116. The van der Waals surface area contributed by atoms with Crippen LogP contribution in [0.15, 0.2) is 57.9 Å². The van der Waals surface area contributed by atoms with Crippen LogP contribution in [0, 0.1) is 11.3 Å². The molecule has 1 N–H and O–H groups in total. The summed E-state index contributed by atoms with van der Waals surface area (Å²) in [6.07, 6.45) is 0. The van der Waals surface area contributed by atoms with E-state index < -0.39 is 15.9 Å². The zero-order chi connectivity index (χ0) is 17.7. The zero-order valence-electron chi connectivity index (χ0n) is 12.7. The Morgan fingerprint density at radius 2 is 1.92 bits per heavy atom. The molecule has 6 nitrogen and oxygen atoms in total. The topological polar surface area (TPSA) is 90.3 Å². The number of amides is 1. The number of sulfonamides is 1. The molecule has 2 aromatic rings. The van der Waals surface area contributed by atoms with Crippen LogP contribution in [-0.4, -0.2) is 32.2 Å². The fourth-order valence-electron chi connectivity index (χ4n) is 1.94. The van der Waals surface area contributed by atoms with Crippen LogP contribution < -0.4 is 5.32 Å². The van der Waals surface area contributed by atoms with Gasteiger partial charge in [-0.25, -0.2) is 8.42 Å². The molecule has 0 aliphatic rings. The van der Waals surface area contributed by atoms with Gasteiger partial charge in [0.15, 0.2) is 0 Å². The molecular formula is C16H14BrN3O3S. The first-order chi connectivity index (χ1) is 11.3. The number of likely N-dealkylation sites (N-methyl/N-ethyl adjacent to an activating group) is 1. The third-order valence-corrected chi connectivity index (χ3v) is 5.51. The van der Waals surface area contributed by atoms with Crippen molar-refractivity contribution in [2.45, 2.75) is 4.90 Å². The number of carbonyl (C=O) groups is 1. The molecule has 0 fully saturated rings. The van der Waals surface area contributed by atoms with Gasteiger partial charge in [-0.05, 0) is 42.5 Å². The van der Waals surface area contributed by atoms with Crippen LogP contribution in [0.1, 0.15) is 5.56 Å². The molecule has 0 heterocycles. The van der Waals surface area contributed by atoms with Crippen molar-refractivity contribution in [3.8, 4) is 6.07 Å². The minimum Gasteiger partial charge on any atom is -0.325 e. The van der Waals surface area contributed by atoms with Gasteiger partial charge in [-0.2, -0.15) is 9.57 Å². The summed E-state index contributed by atoms with van der Waals surface area (Å²) in [6, 6.07) is 14.5. The quantitative estimate of drug-likeness (QED) is 0.824. The lowest BCUT2D eigenvalue weighted by Gasteiger charge is -2.17. The molecule has 0 aliphatic carbocycles. The lowest BCUT2D eigenvalue weighted by atomic mass is 10.2. The third kappa shape index (κ3) is 4.41. The first-order valence-corrected chi connectivity index (χ1v) is 9.08. The second kappa shape index (κ2) is 7.57. The van der Waals surface area contributed by atoms with Crippen molar-refractivity contribution < 1.29 is 13.2 Å². The highest BCUT2D eigenvalue weighted by atomic mass is 79.9. The summed E-state index contributed by atoms with van der Waals surface area (Å²) in [4.78, 5) is 12.2. The van der Waals surface area contributed by atoms with Gasteiger partial charge in [0.25, 0.3) is 0 Å². The normalized spacial score (nSPS) is 11.1. The van der Waals surface area contributed by atoms with E-state index in [1.54, 1.807) is 30.3 Å². The van der Waals surface area contributed by atoms with Gasteiger partial charge in [0.2, 0.25) is 15.9 Å². The van der Waals surface area contributed by atoms with E-state index >= 15 is 0 Å². The molecule has 0 bridgehead atoms. The van der Waals surface area contributed by atoms with Crippen molar-refractivity contribution in [1.82, 2.24) is 4.31 Å². The van der Waals surface area contributed by atoms with E-state index in [0.717, 1.165) is 8.78 Å². The van der Waals surface area contributed by atoms with E-state index in [2.05, 4.69) is 21.2 Å². The van der Waals surface area contributed by atoms with Crippen LogP contribution in [0.25, 0.3) is 0 Å². The maximum Gasteiger partial charge on any atom is 0.243 e. The summed E-state index contributed by atoms with van der Waals surface area (Å²) in [5, 5.41) is 11.4. The van der Waals surface area contributed by atoms with Crippen LogP contribution in [0.5, 0.6) is 0 Å². The van der Waals surface area contributed by atoms with E-state index in [1.807, 2.05) is 6.07 Å². The Morgan fingerprint density at radius 3 is 2.54 bits per heavy atom. The van der Waals surface area contributed by atoms with Crippen molar-refractivity contribution in [3.63, 3.8) is 0 Å². The number of rotatable bonds is 5. The maximum absolute atomic E-state index is 12.4. The van der Waals surface area contributed by atoms with Gasteiger partial charge in [0.05, 0.1) is 23.1 Å². The first-order valence-electron chi connectivity index (χ1n) is 6.85. The fraction of sp³-hybridized carbons (Fsp3) is 0.125. The smallest absolute Gasteiger partial charge is 0.243 e. The standard InChI is InChI=1S/C16H14BrN3O3S/c1-20(24(22,23)15-7-5-13(17)6-8-15)11-16(21)19-14-4-2-3-12(9-14)10-18/h2-9H,11H2,1H3,(H,19,21).